The van der Waals surface area contributed by atoms with Crippen LogP contribution in [0.5, 0.6) is 0 Å². The molecule has 0 fully saturated rings. The Morgan fingerprint density at radius 1 is 1.45 bits per heavy atom. The molecule has 0 saturated heterocycles. The van der Waals surface area contributed by atoms with Crippen molar-refractivity contribution in [1.29, 1.82) is 0 Å². The van der Waals surface area contributed by atoms with Gasteiger partial charge in [-0.05, 0) is 31.2 Å². The molecule has 0 aliphatic carbocycles. The van der Waals surface area contributed by atoms with Crippen LogP contribution < -0.4 is 5.32 Å². The van der Waals surface area contributed by atoms with E-state index in [9.17, 15) is 4.79 Å². The zero-order chi connectivity index (χ0) is 15.1. The third kappa shape index (κ3) is 5.29. The maximum absolute atomic E-state index is 11.9. The van der Waals surface area contributed by atoms with Crippen molar-refractivity contribution in [3.05, 3.63) is 33.8 Å². The first-order valence-corrected chi connectivity index (χ1v) is 7.31. The van der Waals surface area contributed by atoms with Gasteiger partial charge in [-0.15, -0.1) is 0 Å². The van der Waals surface area contributed by atoms with Gasteiger partial charge in [0.25, 0.3) is 0 Å². The molecule has 0 heterocycles. The lowest BCUT2D eigenvalue weighted by atomic mass is 10.1. The number of amides is 1. The van der Waals surface area contributed by atoms with E-state index >= 15 is 0 Å². The average molecular weight is 319 g/mol. The molecule has 1 atom stereocenters. The Morgan fingerprint density at radius 2 is 2.15 bits per heavy atom. The van der Waals surface area contributed by atoms with E-state index in [-0.39, 0.29) is 25.1 Å². The molecule has 1 aromatic rings. The second-order valence-corrected chi connectivity index (χ2v) is 5.39. The molecule has 20 heavy (non-hydrogen) atoms. The molecule has 1 unspecified atom stereocenters. The summed E-state index contributed by atoms with van der Waals surface area (Å²) in [6.07, 6.45) is 0. The van der Waals surface area contributed by atoms with Crippen molar-refractivity contribution >= 4 is 29.1 Å². The van der Waals surface area contributed by atoms with Gasteiger partial charge in [0.1, 0.15) is 0 Å². The van der Waals surface area contributed by atoms with Crippen LogP contribution in [0.1, 0.15) is 25.5 Å². The van der Waals surface area contributed by atoms with E-state index in [1.807, 2.05) is 18.7 Å². The minimum absolute atomic E-state index is 0.0414. The molecule has 0 radical (unpaired) electrons. The van der Waals surface area contributed by atoms with Gasteiger partial charge in [-0.1, -0.05) is 36.2 Å². The van der Waals surface area contributed by atoms with Gasteiger partial charge in [-0.2, -0.15) is 0 Å². The predicted octanol–water partition coefficient (Wildman–Crippen LogP) is 2.48. The predicted molar refractivity (Wildman–Crippen MR) is 82.2 cm³/mol. The lowest BCUT2D eigenvalue weighted by Crippen LogP contribution is -2.39. The van der Waals surface area contributed by atoms with Gasteiger partial charge in [0.15, 0.2) is 0 Å². The zero-order valence-corrected chi connectivity index (χ0v) is 13.2. The van der Waals surface area contributed by atoms with Crippen molar-refractivity contribution in [3.63, 3.8) is 0 Å². The van der Waals surface area contributed by atoms with Gasteiger partial charge in [-0.3, -0.25) is 9.69 Å². The van der Waals surface area contributed by atoms with E-state index in [0.717, 1.165) is 5.56 Å². The Morgan fingerprint density at radius 3 is 2.70 bits per heavy atom. The molecular weight excluding hydrogens is 299 g/mol. The van der Waals surface area contributed by atoms with Gasteiger partial charge >= 0.3 is 0 Å². The number of aliphatic hydroxyl groups is 1. The average Bonchev–Trinajstić information content (AvgIpc) is 2.37. The second kappa shape index (κ2) is 8.47. The third-order valence-corrected chi connectivity index (χ3v) is 3.60. The number of nitrogens with one attached hydrogen (secondary N) is 1. The topological polar surface area (TPSA) is 52.6 Å². The van der Waals surface area contributed by atoms with Crippen LogP contribution in [-0.4, -0.2) is 42.2 Å². The fourth-order valence-corrected chi connectivity index (χ4v) is 2.48. The monoisotopic (exact) mass is 318 g/mol. The first-order valence-electron chi connectivity index (χ1n) is 6.55. The molecule has 112 valence electrons. The Bertz CT molecular complexity index is 455. The quantitative estimate of drug-likeness (QED) is 0.812. The van der Waals surface area contributed by atoms with Crippen molar-refractivity contribution < 1.29 is 9.90 Å². The van der Waals surface area contributed by atoms with Gasteiger partial charge in [0.05, 0.1) is 19.2 Å². The number of hydrogen-bond donors (Lipinski definition) is 2. The van der Waals surface area contributed by atoms with Crippen LogP contribution in [0.4, 0.5) is 0 Å². The van der Waals surface area contributed by atoms with Gasteiger partial charge in [0.2, 0.25) is 5.91 Å². The van der Waals surface area contributed by atoms with Gasteiger partial charge in [-0.25, -0.2) is 0 Å². The van der Waals surface area contributed by atoms with Crippen LogP contribution in [0.2, 0.25) is 10.0 Å². The lowest BCUT2D eigenvalue weighted by Gasteiger charge is -2.21. The molecule has 0 aromatic heterocycles. The number of carbonyl (C=O) groups is 1. The first-order chi connectivity index (χ1) is 9.47. The first kappa shape index (κ1) is 17.2. The molecule has 0 aliphatic rings. The molecule has 0 aliphatic heterocycles. The smallest absolute Gasteiger partial charge is 0.234 e. The normalized spacial score (nSPS) is 12.5. The van der Waals surface area contributed by atoms with Gasteiger partial charge < -0.3 is 10.4 Å². The van der Waals surface area contributed by atoms with Crippen LogP contribution in [0.15, 0.2) is 18.2 Å². The van der Waals surface area contributed by atoms with Crippen molar-refractivity contribution in [2.75, 3.05) is 26.2 Å². The van der Waals surface area contributed by atoms with Crippen molar-refractivity contribution in [1.82, 2.24) is 10.2 Å². The van der Waals surface area contributed by atoms with E-state index < -0.39 is 0 Å². The summed E-state index contributed by atoms with van der Waals surface area (Å²) in [7, 11) is 0. The van der Waals surface area contributed by atoms with E-state index in [1.165, 1.54) is 0 Å². The molecule has 0 spiro atoms. The Kier molecular flexibility index (Phi) is 7.30. The van der Waals surface area contributed by atoms with Crippen LogP contribution in [0, 0.1) is 0 Å². The molecule has 2 N–H and O–H groups in total. The minimum Gasteiger partial charge on any atom is -0.395 e. The number of halogens is 2. The summed E-state index contributed by atoms with van der Waals surface area (Å²) in [6, 6.07) is 5.02. The van der Waals surface area contributed by atoms with E-state index in [4.69, 9.17) is 28.3 Å². The van der Waals surface area contributed by atoms with Crippen LogP contribution in [0.3, 0.4) is 0 Å². The van der Waals surface area contributed by atoms with Crippen molar-refractivity contribution in [3.8, 4) is 0 Å². The van der Waals surface area contributed by atoms with Crippen LogP contribution >= 0.6 is 23.2 Å². The zero-order valence-electron chi connectivity index (χ0n) is 11.7. The highest BCUT2D eigenvalue weighted by Crippen LogP contribution is 2.25. The minimum atomic E-state index is -0.194. The summed E-state index contributed by atoms with van der Waals surface area (Å²) in [5, 5.41) is 12.9. The van der Waals surface area contributed by atoms with E-state index in [2.05, 4.69) is 5.32 Å². The Labute approximate surface area is 129 Å². The SMILES string of the molecule is CCN(CCO)CC(=O)NC(C)c1ccc(Cl)cc1Cl. The molecule has 4 nitrogen and oxygen atoms in total. The largest absolute Gasteiger partial charge is 0.395 e. The van der Waals surface area contributed by atoms with Gasteiger partial charge in [0, 0.05) is 16.6 Å². The fraction of sp³-hybridized carbons (Fsp3) is 0.500. The maximum atomic E-state index is 11.9. The highest BCUT2D eigenvalue weighted by atomic mass is 35.5. The lowest BCUT2D eigenvalue weighted by molar-refractivity contribution is -0.122. The molecule has 1 aromatic carbocycles. The molecular formula is C14H20Cl2N2O2. The maximum Gasteiger partial charge on any atom is 0.234 e. The summed E-state index contributed by atoms with van der Waals surface area (Å²) in [6.45, 7) is 5.31. The van der Waals surface area contributed by atoms with E-state index in [1.54, 1.807) is 18.2 Å². The number of carbonyl (C=O) groups excluding carboxylic acids is 1. The number of aliphatic hydroxyl groups excluding tert-OH is 1. The highest BCUT2D eigenvalue weighted by Gasteiger charge is 2.14. The number of rotatable bonds is 7. The number of benzene rings is 1. The molecule has 6 heteroatoms. The van der Waals surface area contributed by atoms with E-state index in [0.29, 0.717) is 23.1 Å². The number of nitrogens with zero attached hydrogens (tertiary/aromatic N) is 1. The Hall–Kier alpha value is -0.810. The molecule has 0 bridgehead atoms. The van der Waals surface area contributed by atoms with Crippen molar-refractivity contribution in [2.45, 2.75) is 19.9 Å². The number of hydrogen-bond acceptors (Lipinski definition) is 3. The summed E-state index contributed by atoms with van der Waals surface area (Å²) in [4.78, 5) is 13.8. The standard InChI is InChI=1S/C14H20Cl2N2O2/c1-3-18(6-7-19)9-14(20)17-10(2)12-5-4-11(15)8-13(12)16/h4-5,8,10,19H,3,6-7,9H2,1-2H3,(H,17,20). The van der Waals surface area contributed by atoms with Crippen molar-refractivity contribution in [2.24, 2.45) is 0 Å². The Balaban J connectivity index is 2.60. The molecule has 0 saturated carbocycles. The summed E-state index contributed by atoms with van der Waals surface area (Å²) >= 11 is 12.0. The van der Waals surface area contributed by atoms with Crippen LogP contribution in [0.25, 0.3) is 0 Å². The fourth-order valence-electron chi connectivity index (χ4n) is 1.91. The second-order valence-electron chi connectivity index (χ2n) is 4.55. The summed E-state index contributed by atoms with van der Waals surface area (Å²) in [5.74, 6) is -0.0983. The molecule has 1 rings (SSSR count). The summed E-state index contributed by atoms with van der Waals surface area (Å²) < 4.78 is 0. The number of likely N-dealkylation sites (N-methyl/N-ethyl adjacent to an activating group) is 1. The highest BCUT2D eigenvalue weighted by molar-refractivity contribution is 6.35. The molecule has 1 amide bonds. The summed E-state index contributed by atoms with van der Waals surface area (Å²) in [5.41, 5.74) is 0.828. The van der Waals surface area contributed by atoms with Crippen LogP contribution in [-0.2, 0) is 4.79 Å². The third-order valence-electron chi connectivity index (χ3n) is 3.04.